The van der Waals surface area contributed by atoms with Crippen LogP contribution in [0.15, 0.2) is 18.2 Å². The highest BCUT2D eigenvalue weighted by Gasteiger charge is 2.56. The summed E-state index contributed by atoms with van der Waals surface area (Å²) in [7, 11) is 0. The smallest absolute Gasteiger partial charge is 0.447 e. The van der Waals surface area contributed by atoms with Crippen molar-refractivity contribution in [1.82, 2.24) is 0 Å². The van der Waals surface area contributed by atoms with Gasteiger partial charge in [0.1, 0.15) is 0 Å². The molecule has 104 valence electrons. The van der Waals surface area contributed by atoms with E-state index in [4.69, 9.17) is 20.4 Å². The highest BCUT2D eigenvalue weighted by Crippen LogP contribution is 2.38. The normalized spacial score (nSPS) is 12.3. The predicted octanol–water partition coefficient (Wildman–Crippen LogP) is 0.783. The van der Waals surface area contributed by atoms with E-state index in [1.807, 2.05) is 0 Å². The van der Waals surface area contributed by atoms with Crippen LogP contribution in [0.5, 0.6) is 0 Å². The molecule has 6 nitrogen and oxygen atoms in total. The molecule has 0 aliphatic carbocycles. The van der Waals surface area contributed by atoms with Crippen molar-refractivity contribution >= 4 is 11.9 Å². The van der Waals surface area contributed by atoms with Crippen molar-refractivity contribution in [3.05, 3.63) is 34.9 Å². The van der Waals surface area contributed by atoms with Crippen LogP contribution in [0.25, 0.3) is 0 Å². The molecular formula is C10H7F3O6. The molecule has 0 saturated heterocycles. The lowest BCUT2D eigenvalue weighted by molar-refractivity contribution is -0.358. The van der Waals surface area contributed by atoms with Crippen LogP contribution < -0.4 is 0 Å². The minimum Gasteiger partial charge on any atom is -0.478 e. The first-order chi connectivity index (χ1) is 8.50. The van der Waals surface area contributed by atoms with E-state index in [0.717, 1.165) is 12.1 Å². The summed E-state index contributed by atoms with van der Waals surface area (Å²) in [5, 5.41) is 35.5. The van der Waals surface area contributed by atoms with Crippen molar-refractivity contribution in [2.45, 2.75) is 12.0 Å². The molecule has 0 spiro atoms. The molecule has 1 aromatic carbocycles. The lowest BCUT2D eigenvalue weighted by Gasteiger charge is -2.26. The van der Waals surface area contributed by atoms with Gasteiger partial charge in [-0.3, -0.25) is 0 Å². The summed E-state index contributed by atoms with van der Waals surface area (Å²) in [4.78, 5) is 21.6. The molecule has 0 unspecified atom stereocenters. The van der Waals surface area contributed by atoms with Gasteiger partial charge in [0.2, 0.25) is 0 Å². The zero-order valence-electron chi connectivity index (χ0n) is 8.97. The number of hydrogen-bond donors (Lipinski definition) is 4. The largest absolute Gasteiger partial charge is 0.478 e. The second-order valence-corrected chi connectivity index (χ2v) is 3.51. The van der Waals surface area contributed by atoms with Crippen LogP contribution >= 0.6 is 0 Å². The molecule has 0 aliphatic rings. The highest BCUT2D eigenvalue weighted by molar-refractivity contribution is 6.02. The third-order valence-corrected chi connectivity index (χ3v) is 2.28. The number of benzene rings is 1. The molecular weight excluding hydrogens is 273 g/mol. The Morgan fingerprint density at radius 2 is 1.53 bits per heavy atom. The number of carboxylic acid groups (broad SMARTS) is 2. The van der Waals surface area contributed by atoms with E-state index in [1.165, 1.54) is 0 Å². The molecule has 1 aromatic rings. The van der Waals surface area contributed by atoms with E-state index in [2.05, 4.69) is 0 Å². The van der Waals surface area contributed by atoms with Crippen LogP contribution in [0.4, 0.5) is 13.2 Å². The molecule has 4 N–H and O–H groups in total. The molecule has 0 heterocycles. The zero-order valence-corrected chi connectivity index (χ0v) is 8.97. The zero-order chi connectivity index (χ0) is 15.0. The van der Waals surface area contributed by atoms with E-state index in [9.17, 15) is 22.8 Å². The number of carbonyl (C=O) groups is 2. The molecule has 0 bridgehead atoms. The van der Waals surface area contributed by atoms with Gasteiger partial charge in [-0.1, -0.05) is 12.1 Å². The molecule has 0 saturated carbocycles. The van der Waals surface area contributed by atoms with Crippen LogP contribution in [0.2, 0.25) is 0 Å². The topological polar surface area (TPSA) is 115 Å². The van der Waals surface area contributed by atoms with Gasteiger partial charge in [-0.15, -0.1) is 0 Å². The standard InChI is InChI=1S/C10H7F3O6/c11-10(12,13)9(18,19)5-3-1-2-4(7(14)15)6(5)8(16)17/h1-3,18-19H,(H,14,15)(H,16,17). The minimum absolute atomic E-state index is 0.476. The predicted molar refractivity (Wildman–Crippen MR) is 52.5 cm³/mol. The van der Waals surface area contributed by atoms with Crippen molar-refractivity contribution in [3.63, 3.8) is 0 Å². The van der Waals surface area contributed by atoms with E-state index in [1.54, 1.807) is 0 Å². The lowest BCUT2D eigenvalue weighted by Crippen LogP contribution is -2.43. The molecule has 0 atom stereocenters. The minimum atomic E-state index is -5.59. The SMILES string of the molecule is O=C(O)c1cccc(C(O)(O)C(F)(F)F)c1C(=O)O. The second-order valence-electron chi connectivity index (χ2n) is 3.51. The number of aromatic carboxylic acids is 2. The van der Waals surface area contributed by atoms with Gasteiger partial charge in [0, 0.05) is 5.56 Å². The maximum atomic E-state index is 12.5. The molecule has 9 heteroatoms. The summed E-state index contributed by atoms with van der Waals surface area (Å²) in [6.07, 6.45) is -5.59. The Morgan fingerprint density at radius 1 is 1.00 bits per heavy atom. The van der Waals surface area contributed by atoms with E-state index >= 15 is 0 Å². The van der Waals surface area contributed by atoms with Crippen LogP contribution in [-0.4, -0.2) is 38.5 Å². The number of aliphatic hydroxyl groups is 2. The first-order valence-electron chi connectivity index (χ1n) is 4.61. The van der Waals surface area contributed by atoms with Gasteiger partial charge in [0.25, 0.3) is 5.79 Å². The summed E-state index contributed by atoms with van der Waals surface area (Å²) in [5.74, 6) is -8.30. The van der Waals surface area contributed by atoms with Crippen LogP contribution in [-0.2, 0) is 5.79 Å². The van der Waals surface area contributed by atoms with E-state index < -0.39 is 40.6 Å². The number of rotatable bonds is 3. The van der Waals surface area contributed by atoms with Crippen LogP contribution in [0, 0.1) is 0 Å². The Hall–Kier alpha value is -2.13. The first-order valence-corrected chi connectivity index (χ1v) is 4.61. The summed E-state index contributed by atoms with van der Waals surface area (Å²) in [5.41, 5.74) is -3.79. The van der Waals surface area contributed by atoms with Gasteiger partial charge >= 0.3 is 18.1 Å². The van der Waals surface area contributed by atoms with E-state index in [0.29, 0.717) is 6.07 Å². The molecule has 0 amide bonds. The Labute approximate surface area is 103 Å². The maximum absolute atomic E-state index is 12.5. The molecule has 19 heavy (non-hydrogen) atoms. The Bertz CT molecular complexity index is 535. The average molecular weight is 280 g/mol. The number of halogens is 3. The molecule has 0 aliphatic heterocycles. The maximum Gasteiger partial charge on any atom is 0.447 e. The van der Waals surface area contributed by atoms with Gasteiger partial charge < -0.3 is 20.4 Å². The lowest BCUT2D eigenvalue weighted by atomic mass is 9.94. The quantitative estimate of drug-likeness (QED) is 0.608. The number of alkyl halides is 3. The van der Waals surface area contributed by atoms with Gasteiger partial charge in [0.05, 0.1) is 11.1 Å². The van der Waals surface area contributed by atoms with Crippen LogP contribution in [0.1, 0.15) is 26.3 Å². The summed E-state index contributed by atoms with van der Waals surface area (Å²) in [6.45, 7) is 0. The second kappa shape index (κ2) is 4.52. The molecule has 1 rings (SSSR count). The van der Waals surface area contributed by atoms with Crippen LogP contribution in [0.3, 0.4) is 0 Å². The van der Waals surface area contributed by atoms with Crippen molar-refractivity contribution < 1.29 is 43.2 Å². The third-order valence-electron chi connectivity index (χ3n) is 2.28. The summed E-state index contributed by atoms with van der Waals surface area (Å²) in [6, 6.07) is 1.99. The highest BCUT2D eigenvalue weighted by atomic mass is 19.4. The average Bonchev–Trinajstić information content (AvgIpc) is 2.26. The summed E-state index contributed by atoms with van der Waals surface area (Å²) < 4.78 is 37.4. The molecule has 0 fully saturated rings. The van der Waals surface area contributed by atoms with Gasteiger partial charge in [-0.05, 0) is 6.07 Å². The summed E-state index contributed by atoms with van der Waals surface area (Å²) >= 11 is 0. The monoisotopic (exact) mass is 280 g/mol. The number of carboxylic acids is 2. The van der Waals surface area contributed by atoms with Crippen molar-refractivity contribution in [1.29, 1.82) is 0 Å². The van der Waals surface area contributed by atoms with Gasteiger partial charge in [-0.2, -0.15) is 13.2 Å². The van der Waals surface area contributed by atoms with Gasteiger partial charge in [-0.25, -0.2) is 9.59 Å². The fourth-order valence-electron chi connectivity index (χ4n) is 1.40. The Balaban J connectivity index is 3.67. The van der Waals surface area contributed by atoms with Crippen molar-refractivity contribution in [3.8, 4) is 0 Å². The number of hydrogen-bond acceptors (Lipinski definition) is 4. The molecule has 0 radical (unpaired) electrons. The van der Waals surface area contributed by atoms with Crippen molar-refractivity contribution in [2.75, 3.05) is 0 Å². The fourth-order valence-corrected chi connectivity index (χ4v) is 1.40. The fraction of sp³-hybridized carbons (Fsp3) is 0.200. The van der Waals surface area contributed by atoms with Gasteiger partial charge in [0.15, 0.2) is 0 Å². The van der Waals surface area contributed by atoms with Crippen molar-refractivity contribution in [2.24, 2.45) is 0 Å². The third kappa shape index (κ3) is 2.51. The Kier molecular flexibility index (Phi) is 3.55. The molecule has 0 aromatic heterocycles. The van der Waals surface area contributed by atoms with E-state index in [-0.39, 0.29) is 0 Å². The first kappa shape index (κ1) is 14.9. The Morgan fingerprint density at radius 3 is 1.89 bits per heavy atom.